The van der Waals surface area contributed by atoms with Crippen LogP contribution in [0.25, 0.3) is 0 Å². The molecule has 1 N–H and O–H groups in total. The molecule has 0 saturated heterocycles. The van der Waals surface area contributed by atoms with Crippen molar-refractivity contribution >= 4 is 0 Å². The third-order valence-corrected chi connectivity index (χ3v) is 3.25. The minimum atomic E-state index is 0.760. The molecule has 0 aliphatic heterocycles. The highest BCUT2D eigenvalue weighted by Crippen LogP contribution is 2.08. The van der Waals surface area contributed by atoms with Crippen molar-refractivity contribution in [1.29, 1.82) is 0 Å². The first-order valence-corrected chi connectivity index (χ1v) is 6.51. The quantitative estimate of drug-likeness (QED) is 0.592. The van der Waals surface area contributed by atoms with Gasteiger partial charge in [-0.05, 0) is 25.3 Å². The molecule has 0 aromatic rings. The number of hydrogen-bond acceptors (Lipinski definition) is 1. The summed E-state index contributed by atoms with van der Waals surface area (Å²) in [5.74, 6) is 0.880. The molecule has 0 saturated carbocycles. The lowest BCUT2D eigenvalue weighted by molar-refractivity contribution is 0.383. The monoisotopic (exact) mass is 199 g/mol. The Morgan fingerprint density at radius 1 is 0.929 bits per heavy atom. The van der Waals surface area contributed by atoms with Gasteiger partial charge >= 0.3 is 0 Å². The zero-order valence-corrected chi connectivity index (χ0v) is 10.6. The summed E-state index contributed by atoms with van der Waals surface area (Å²) in [6, 6.07) is 0.760. The van der Waals surface area contributed by atoms with E-state index < -0.39 is 0 Å². The molecule has 0 heterocycles. The second kappa shape index (κ2) is 9.51. The van der Waals surface area contributed by atoms with Gasteiger partial charge in [-0.3, -0.25) is 0 Å². The van der Waals surface area contributed by atoms with Crippen LogP contribution < -0.4 is 5.32 Å². The Hall–Kier alpha value is -0.0400. The second-order valence-corrected chi connectivity index (χ2v) is 4.34. The molecule has 1 heteroatoms. The molecule has 14 heavy (non-hydrogen) atoms. The third-order valence-electron chi connectivity index (χ3n) is 3.25. The van der Waals surface area contributed by atoms with Gasteiger partial charge in [-0.25, -0.2) is 0 Å². The van der Waals surface area contributed by atoms with Crippen molar-refractivity contribution in [1.82, 2.24) is 5.32 Å². The first-order valence-electron chi connectivity index (χ1n) is 6.51. The van der Waals surface area contributed by atoms with Gasteiger partial charge in [0.15, 0.2) is 0 Å². The van der Waals surface area contributed by atoms with E-state index in [1.807, 2.05) is 0 Å². The van der Waals surface area contributed by atoms with Crippen LogP contribution in [0.5, 0.6) is 0 Å². The minimum Gasteiger partial charge on any atom is -0.314 e. The van der Waals surface area contributed by atoms with Crippen LogP contribution in [-0.4, -0.2) is 12.6 Å². The molecule has 0 aliphatic rings. The second-order valence-electron chi connectivity index (χ2n) is 4.34. The fourth-order valence-corrected chi connectivity index (χ4v) is 1.81. The maximum atomic E-state index is 3.71. The van der Waals surface area contributed by atoms with Gasteiger partial charge in [0.25, 0.3) is 0 Å². The predicted molar refractivity (Wildman–Crippen MR) is 65.7 cm³/mol. The van der Waals surface area contributed by atoms with Gasteiger partial charge in [-0.2, -0.15) is 0 Å². The molecule has 0 fully saturated rings. The first-order chi connectivity index (χ1) is 6.78. The Kier molecular flexibility index (Phi) is 9.49. The van der Waals surface area contributed by atoms with Gasteiger partial charge in [0, 0.05) is 6.04 Å². The molecule has 0 rings (SSSR count). The van der Waals surface area contributed by atoms with Gasteiger partial charge in [-0.1, -0.05) is 53.4 Å². The van der Waals surface area contributed by atoms with Gasteiger partial charge in [0.1, 0.15) is 0 Å². The van der Waals surface area contributed by atoms with Gasteiger partial charge in [0.05, 0.1) is 0 Å². The average molecular weight is 199 g/mol. The van der Waals surface area contributed by atoms with Crippen LogP contribution in [0.3, 0.4) is 0 Å². The highest BCUT2D eigenvalue weighted by molar-refractivity contribution is 4.67. The predicted octanol–water partition coefficient (Wildman–Crippen LogP) is 3.98. The smallest absolute Gasteiger partial charge is 0.00645 e. The summed E-state index contributed by atoms with van der Waals surface area (Å²) in [4.78, 5) is 0. The van der Waals surface area contributed by atoms with Crippen molar-refractivity contribution in [3.8, 4) is 0 Å². The van der Waals surface area contributed by atoms with E-state index in [1.165, 1.54) is 45.1 Å². The van der Waals surface area contributed by atoms with Crippen molar-refractivity contribution in [3.05, 3.63) is 0 Å². The van der Waals surface area contributed by atoms with Gasteiger partial charge in [-0.15, -0.1) is 0 Å². The molecule has 1 nitrogen and oxygen atoms in total. The highest BCUT2D eigenvalue weighted by atomic mass is 14.9. The Bertz CT molecular complexity index is 108. The highest BCUT2D eigenvalue weighted by Gasteiger charge is 2.08. The number of unbranched alkanes of at least 4 members (excludes halogenated alkanes) is 1. The van der Waals surface area contributed by atoms with E-state index in [-0.39, 0.29) is 0 Å². The van der Waals surface area contributed by atoms with Crippen molar-refractivity contribution < 1.29 is 0 Å². The summed E-state index contributed by atoms with van der Waals surface area (Å²) >= 11 is 0. The molecule has 0 radical (unpaired) electrons. The Labute approximate surface area is 90.7 Å². The Balaban J connectivity index is 3.59. The number of hydrogen-bond donors (Lipinski definition) is 1. The lowest BCUT2D eigenvalue weighted by Crippen LogP contribution is -2.32. The largest absolute Gasteiger partial charge is 0.314 e. The third kappa shape index (κ3) is 6.42. The van der Waals surface area contributed by atoms with Crippen LogP contribution >= 0.6 is 0 Å². The van der Waals surface area contributed by atoms with E-state index >= 15 is 0 Å². The zero-order chi connectivity index (χ0) is 10.8. The van der Waals surface area contributed by atoms with Crippen LogP contribution in [0.15, 0.2) is 0 Å². The summed E-state index contributed by atoms with van der Waals surface area (Å²) < 4.78 is 0. The zero-order valence-electron chi connectivity index (χ0n) is 10.6. The maximum Gasteiger partial charge on any atom is 0.00645 e. The molecule has 0 bridgehead atoms. The van der Waals surface area contributed by atoms with Crippen LogP contribution in [-0.2, 0) is 0 Å². The Morgan fingerprint density at radius 3 is 2.00 bits per heavy atom. The molecular weight excluding hydrogens is 170 g/mol. The van der Waals surface area contributed by atoms with E-state index in [4.69, 9.17) is 0 Å². The summed E-state index contributed by atoms with van der Waals surface area (Å²) in [6.07, 6.45) is 7.95. The lowest BCUT2D eigenvalue weighted by Gasteiger charge is -2.20. The molecule has 1 unspecified atom stereocenters. The van der Waals surface area contributed by atoms with Crippen molar-refractivity contribution in [3.63, 3.8) is 0 Å². The summed E-state index contributed by atoms with van der Waals surface area (Å²) in [5.41, 5.74) is 0. The van der Waals surface area contributed by atoms with Crippen molar-refractivity contribution in [2.45, 2.75) is 72.3 Å². The first kappa shape index (κ1) is 14.0. The average Bonchev–Trinajstić information content (AvgIpc) is 2.23. The van der Waals surface area contributed by atoms with E-state index in [0.29, 0.717) is 0 Å². The molecule has 86 valence electrons. The summed E-state index contributed by atoms with van der Waals surface area (Å²) in [6.45, 7) is 10.4. The summed E-state index contributed by atoms with van der Waals surface area (Å²) in [7, 11) is 0. The molecule has 0 amide bonds. The molecule has 0 aromatic heterocycles. The molecule has 1 atom stereocenters. The van der Waals surface area contributed by atoms with Crippen molar-refractivity contribution in [2.75, 3.05) is 6.54 Å². The molecule has 0 aromatic carbocycles. The molecule has 0 spiro atoms. The van der Waals surface area contributed by atoms with Gasteiger partial charge in [0.2, 0.25) is 0 Å². The van der Waals surface area contributed by atoms with Crippen LogP contribution in [0.4, 0.5) is 0 Å². The maximum absolute atomic E-state index is 3.71. The fourth-order valence-electron chi connectivity index (χ4n) is 1.81. The SMILES string of the molecule is CCCCC(CC)NCC(CC)CC. The Morgan fingerprint density at radius 2 is 1.57 bits per heavy atom. The van der Waals surface area contributed by atoms with E-state index in [9.17, 15) is 0 Å². The number of nitrogens with one attached hydrogen (secondary N) is 1. The van der Waals surface area contributed by atoms with Crippen molar-refractivity contribution in [2.24, 2.45) is 5.92 Å². The molecular formula is C13H29N. The van der Waals surface area contributed by atoms with E-state index in [0.717, 1.165) is 12.0 Å². The normalized spacial score (nSPS) is 13.5. The topological polar surface area (TPSA) is 12.0 Å². The standard InChI is InChI=1S/C13H29N/c1-5-9-10-13(8-4)14-11-12(6-2)7-3/h12-14H,5-11H2,1-4H3. The molecule has 0 aliphatic carbocycles. The van der Waals surface area contributed by atoms with Crippen LogP contribution in [0.2, 0.25) is 0 Å². The fraction of sp³-hybridized carbons (Fsp3) is 1.00. The van der Waals surface area contributed by atoms with E-state index in [2.05, 4.69) is 33.0 Å². The minimum absolute atomic E-state index is 0.760. The van der Waals surface area contributed by atoms with Crippen LogP contribution in [0, 0.1) is 5.92 Å². The lowest BCUT2D eigenvalue weighted by atomic mass is 10.0. The van der Waals surface area contributed by atoms with E-state index in [1.54, 1.807) is 0 Å². The van der Waals surface area contributed by atoms with Gasteiger partial charge < -0.3 is 5.32 Å². The summed E-state index contributed by atoms with van der Waals surface area (Å²) in [5, 5.41) is 3.71. The number of rotatable bonds is 9. The van der Waals surface area contributed by atoms with Crippen LogP contribution in [0.1, 0.15) is 66.2 Å².